The second kappa shape index (κ2) is 7.58. The molecule has 0 radical (unpaired) electrons. The van der Waals surface area contributed by atoms with Gasteiger partial charge in [-0.25, -0.2) is 0 Å². The number of hydrogen-bond acceptors (Lipinski definition) is 4. The Morgan fingerprint density at radius 1 is 1.21 bits per heavy atom. The van der Waals surface area contributed by atoms with Crippen LogP contribution in [0.4, 0.5) is 5.69 Å². The topological polar surface area (TPSA) is 47.7 Å². The number of anilines is 1. The second-order valence-corrected chi connectivity index (χ2v) is 6.01. The SMILES string of the molecule is CCOc1cc(OC)ccc1C(CN)N1CCCc2ccccc21. The molecule has 2 aromatic carbocycles. The first-order valence-electron chi connectivity index (χ1n) is 8.63. The van der Waals surface area contributed by atoms with Crippen LogP contribution in [-0.2, 0) is 6.42 Å². The van der Waals surface area contributed by atoms with Crippen molar-refractivity contribution in [2.24, 2.45) is 5.73 Å². The third-order valence-electron chi connectivity index (χ3n) is 4.63. The van der Waals surface area contributed by atoms with E-state index in [0.29, 0.717) is 13.2 Å². The molecule has 1 heterocycles. The summed E-state index contributed by atoms with van der Waals surface area (Å²) in [7, 11) is 1.67. The Bertz CT molecular complexity index is 687. The summed E-state index contributed by atoms with van der Waals surface area (Å²) in [4.78, 5) is 2.42. The highest BCUT2D eigenvalue weighted by atomic mass is 16.5. The zero-order valence-electron chi connectivity index (χ0n) is 14.5. The molecule has 0 aromatic heterocycles. The molecule has 0 saturated carbocycles. The van der Waals surface area contributed by atoms with Crippen molar-refractivity contribution < 1.29 is 9.47 Å². The number of ether oxygens (including phenoxy) is 2. The lowest BCUT2D eigenvalue weighted by Gasteiger charge is -2.38. The Labute approximate surface area is 144 Å². The summed E-state index contributed by atoms with van der Waals surface area (Å²) in [5.41, 5.74) is 10.0. The highest BCUT2D eigenvalue weighted by molar-refractivity contribution is 5.58. The van der Waals surface area contributed by atoms with Gasteiger partial charge in [-0.3, -0.25) is 0 Å². The normalized spacial score (nSPS) is 14.9. The molecule has 24 heavy (non-hydrogen) atoms. The van der Waals surface area contributed by atoms with Crippen molar-refractivity contribution in [3.05, 3.63) is 53.6 Å². The minimum absolute atomic E-state index is 0.0962. The molecule has 0 bridgehead atoms. The van der Waals surface area contributed by atoms with E-state index in [1.54, 1.807) is 7.11 Å². The smallest absolute Gasteiger partial charge is 0.128 e. The molecule has 1 aliphatic heterocycles. The summed E-state index contributed by atoms with van der Waals surface area (Å²) < 4.78 is 11.2. The summed E-state index contributed by atoms with van der Waals surface area (Å²) in [5, 5.41) is 0. The minimum Gasteiger partial charge on any atom is -0.497 e. The van der Waals surface area contributed by atoms with Gasteiger partial charge in [0.2, 0.25) is 0 Å². The number of fused-ring (bicyclic) bond motifs is 1. The first-order chi connectivity index (χ1) is 11.8. The highest BCUT2D eigenvalue weighted by Crippen LogP contribution is 2.38. The molecule has 4 nitrogen and oxygen atoms in total. The molecular formula is C20H26N2O2. The van der Waals surface area contributed by atoms with Gasteiger partial charge in [-0.05, 0) is 43.5 Å². The molecule has 0 fully saturated rings. The van der Waals surface area contributed by atoms with Crippen molar-refractivity contribution in [3.63, 3.8) is 0 Å². The fourth-order valence-corrected chi connectivity index (χ4v) is 3.51. The third-order valence-corrected chi connectivity index (χ3v) is 4.63. The van der Waals surface area contributed by atoms with Crippen LogP contribution in [0.1, 0.15) is 30.5 Å². The molecule has 0 saturated heterocycles. The predicted molar refractivity (Wildman–Crippen MR) is 98.1 cm³/mol. The molecule has 0 spiro atoms. The molecule has 3 rings (SSSR count). The number of benzene rings is 2. The van der Waals surface area contributed by atoms with Gasteiger partial charge in [-0.1, -0.05) is 18.2 Å². The van der Waals surface area contributed by atoms with E-state index in [2.05, 4.69) is 35.2 Å². The van der Waals surface area contributed by atoms with Gasteiger partial charge in [0.05, 0.1) is 19.8 Å². The van der Waals surface area contributed by atoms with Gasteiger partial charge in [0.15, 0.2) is 0 Å². The molecule has 0 aliphatic carbocycles. The van der Waals surface area contributed by atoms with Gasteiger partial charge in [0, 0.05) is 30.4 Å². The average molecular weight is 326 g/mol. The van der Waals surface area contributed by atoms with Gasteiger partial charge < -0.3 is 20.1 Å². The zero-order valence-corrected chi connectivity index (χ0v) is 14.5. The van der Waals surface area contributed by atoms with Crippen molar-refractivity contribution in [2.75, 3.05) is 31.7 Å². The van der Waals surface area contributed by atoms with Crippen molar-refractivity contribution >= 4 is 5.69 Å². The van der Waals surface area contributed by atoms with Gasteiger partial charge in [0.1, 0.15) is 11.5 Å². The summed E-state index contributed by atoms with van der Waals surface area (Å²) in [6.07, 6.45) is 2.28. The van der Waals surface area contributed by atoms with Gasteiger partial charge in [-0.2, -0.15) is 0 Å². The number of rotatable bonds is 6. The first-order valence-corrected chi connectivity index (χ1v) is 8.63. The van der Waals surface area contributed by atoms with E-state index in [1.165, 1.54) is 11.3 Å². The Morgan fingerprint density at radius 2 is 2.04 bits per heavy atom. The number of aryl methyl sites for hydroxylation is 1. The van der Waals surface area contributed by atoms with Crippen LogP contribution >= 0.6 is 0 Å². The molecular weight excluding hydrogens is 300 g/mol. The van der Waals surface area contributed by atoms with Crippen LogP contribution in [0.2, 0.25) is 0 Å². The molecule has 128 valence electrons. The van der Waals surface area contributed by atoms with E-state index in [4.69, 9.17) is 15.2 Å². The first kappa shape index (κ1) is 16.7. The van der Waals surface area contributed by atoms with E-state index in [9.17, 15) is 0 Å². The Kier molecular flexibility index (Phi) is 5.26. The van der Waals surface area contributed by atoms with E-state index >= 15 is 0 Å². The number of nitrogens with two attached hydrogens (primary N) is 1. The molecule has 0 amide bonds. The van der Waals surface area contributed by atoms with Crippen LogP contribution in [0.15, 0.2) is 42.5 Å². The average Bonchev–Trinajstić information content (AvgIpc) is 2.64. The van der Waals surface area contributed by atoms with Gasteiger partial charge in [0.25, 0.3) is 0 Å². The summed E-state index contributed by atoms with van der Waals surface area (Å²) >= 11 is 0. The van der Waals surface area contributed by atoms with Crippen LogP contribution < -0.4 is 20.1 Å². The van der Waals surface area contributed by atoms with Crippen LogP contribution in [0.3, 0.4) is 0 Å². The van der Waals surface area contributed by atoms with Crippen LogP contribution in [-0.4, -0.2) is 26.8 Å². The maximum atomic E-state index is 6.20. The number of para-hydroxylation sites is 1. The monoisotopic (exact) mass is 326 g/mol. The molecule has 2 aromatic rings. The molecule has 1 aliphatic rings. The molecule has 4 heteroatoms. The number of hydrogen-bond donors (Lipinski definition) is 1. The number of methoxy groups -OCH3 is 1. The summed E-state index contributed by atoms with van der Waals surface area (Å²) in [6, 6.07) is 14.7. The largest absolute Gasteiger partial charge is 0.497 e. The van der Waals surface area contributed by atoms with Crippen LogP contribution in [0.25, 0.3) is 0 Å². The molecule has 1 atom stereocenters. The van der Waals surface area contributed by atoms with E-state index in [-0.39, 0.29) is 6.04 Å². The van der Waals surface area contributed by atoms with E-state index < -0.39 is 0 Å². The van der Waals surface area contributed by atoms with E-state index in [0.717, 1.165) is 36.4 Å². The number of nitrogens with zero attached hydrogens (tertiary/aromatic N) is 1. The lowest BCUT2D eigenvalue weighted by molar-refractivity contribution is 0.329. The lowest BCUT2D eigenvalue weighted by atomic mass is 9.96. The fraction of sp³-hybridized carbons (Fsp3) is 0.400. The van der Waals surface area contributed by atoms with Crippen molar-refractivity contribution in [3.8, 4) is 11.5 Å². The van der Waals surface area contributed by atoms with Crippen LogP contribution in [0.5, 0.6) is 11.5 Å². The van der Waals surface area contributed by atoms with Crippen molar-refractivity contribution in [2.45, 2.75) is 25.8 Å². The quantitative estimate of drug-likeness (QED) is 0.882. The van der Waals surface area contributed by atoms with E-state index in [1.807, 2.05) is 19.1 Å². The molecule has 1 unspecified atom stereocenters. The summed E-state index contributed by atoms with van der Waals surface area (Å²) in [6.45, 7) is 4.17. The summed E-state index contributed by atoms with van der Waals surface area (Å²) in [5.74, 6) is 1.66. The maximum absolute atomic E-state index is 6.20. The fourth-order valence-electron chi connectivity index (χ4n) is 3.51. The highest BCUT2D eigenvalue weighted by Gasteiger charge is 2.26. The Balaban J connectivity index is 2.01. The minimum atomic E-state index is 0.0962. The standard InChI is InChI=1S/C20H26N2O2/c1-3-24-20-13-16(23-2)10-11-17(20)19(14-21)22-12-6-8-15-7-4-5-9-18(15)22/h4-5,7,9-11,13,19H,3,6,8,12,14,21H2,1-2H3. The van der Waals surface area contributed by atoms with Gasteiger partial charge in [-0.15, -0.1) is 0 Å². The van der Waals surface area contributed by atoms with Crippen LogP contribution in [0, 0.1) is 0 Å². The molecule has 2 N–H and O–H groups in total. The zero-order chi connectivity index (χ0) is 16.9. The second-order valence-electron chi connectivity index (χ2n) is 6.01. The lowest BCUT2D eigenvalue weighted by Crippen LogP contribution is -2.37. The van der Waals surface area contributed by atoms with Crippen molar-refractivity contribution in [1.82, 2.24) is 0 Å². The Hall–Kier alpha value is -2.20. The van der Waals surface area contributed by atoms with Gasteiger partial charge >= 0.3 is 0 Å². The Morgan fingerprint density at radius 3 is 2.79 bits per heavy atom. The third kappa shape index (κ3) is 3.20. The predicted octanol–water partition coefficient (Wildman–Crippen LogP) is 3.55. The van der Waals surface area contributed by atoms with Crippen molar-refractivity contribution in [1.29, 1.82) is 0 Å². The maximum Gasteiger partial charge on any atom is 0.128 e.